The maximum Gasteiger partial charge on any atom is 0.224 e. The number of fused-ring (bicyclic) bond motifs is 3. The van der Waals surface area contributed by atoms with Gasteiger partial charge >= 0.3 is 0 Å². The summed E-state index contributed by atoms with van der Waals surface area (Å²) in [5.41, 5.74) is 1.77. The largest absolute Gasteiger partial charge is 0.464 e. The molecule has 1 N–H and O–H groups in total. The van der Waals surface area contributed by atoms with Crippen LogP contribution in [0.25, 0.3) is 21.7 Å². The summed E-state index contributed by atoms with van der Waals surface area (Å²) in [5, 5.41) is 6.25. The van der Waals surface area contributed by atoms with Gasteiger partial charge in [-0.1, -0.05) is 30.3 Å². The first-order chi connectivity index (χ1) is 9.65. The van der Waals surface area contributed by atoms with Gasteiger partial charge in [0.1, 0.15) is 5.58 Å². The number of furan rings is 1. The van der Waals surface area contributed by atoms with Crippen LogP contribution in [0.4, 0.5) is 0 Å². The molecule has 0 spiro atoms. The molecule has 0 atom stereocenters. The Balaban J connectivity index is 2.07. The highest BCUT2D eigenvalue weighted by molar-refractivity contribution is 6.08. The number of rotatable bonds is 3. The summed E-state index contributed by atoms with van der Waals surface area (Å²) in [6, 6.07) is 12.3. The van der Waals surface area contributed by atoms with Crippen molar-refractivity contribution in [1.29, 1.82) is 0 Å². The molecule has 2 aromatic carbocycles. The van der Waals surface area contributed by atoms with E-state index >= 15 is 0 Å². The number of nitrogens with one attached hydrogen (secondary N) is 1. The number of benzene rings is 2. The van der Waals surface area contributed by atoms with Crippen LogP contribution in [0.3, 0.4) is 0 Å². The lowest BCUT2D eigenvalue weighted by molar-refractivity contribution is -0.120. The van der Waals surface area contributed by atoms with Crippen molar-refractivity contribution in [3.8, 4) is 0 Å². The Morgan fingerprint density at radius 2 is 2.00 bits per heavy atom. The van der Waals surface area contributed by atoms with Crippen molar-refractivity contribution in [2.45, 2.75) is 26.3 Å². The summed E-state index contributed by atoms with van der Waals surface area (Å²) in [6.45, 7) is 3.92. The van der Waals surface area contributed by atoms with E-state index in [4.69, 9.17) is 4.42 Å². The maximum atomic E-state index is 11.9. The average molecular weight is 267 g/mol. The highest BCUT2D eigenvalue weighted by atomic mass is 16.3. The van der Waals surface area contributed by atoms with Crippen LogP contribution in [0.1, 0.15) is 19.4 Å². The molecule has 3 nitrogen and oxygen atoms in total. The third-order valence-electron chi connectivity index (χ3n) is 3.34. The van der Waals surface area contributed by atoms with Gasteiger partial charge in [-0.15, -0.1) is 0 Å². The monoisotopic (exact) mass is 267 g/mol. The molecule has 0 bridgehead atoms. The number of hydrogen-bond donors (Lipinski definition) is 1. The van der Waals surface area contributed by atoms with Crippen LogP contribution in [0, 0.1) is 0 Å². The molecular weight excluding hydrogens is 250 g/mol. The second-order valence-corrected chi connectivity index (χ2v) is 5.32. The summed E-state index contributed by atoms with van der Waals surface area (Å²) < 4.78 is 5.58. The van der Waals surface area contributed by atoms with Gasteiger partial charge in [0.25, 0.3) is 0 Å². The van der Waals surface area contributed by atoms with Crippen LogP contribution in [0.5, 0.6) is 0 Å². The van der Waals surface area contributed by atoms with E-state index in [1.54, 1.807) is 6.26 Å². The van der Waals surface area contributed by atoms with E-state index in [-0.39, 0.29) is 11.9 Å². The molecule has 102 valence electrons. The molecule has 0 aliphatic heterocycles. The third-order valence-corrected chi connectivity index (χ3v) is 3.34. The number of carbonyl (C=O) groups excluding carboxylic acids is 1. The normalized spacial score (nSPS) is 11.3. The molecule has 0 radical (unpaired) electrons. The van der Waals surface area contributed by atoms with Crippen LogP contribution in [0.15, 0.2) is 47.1 Å². The second-order valence-electron chi connectivity index (χ2n) is 5.32. The highest BCUT2D eigenvalue weighted by Gasteiger charge is 2.13. The molecule has 20 heavy (non-hydrogen) atoms. The van der Waals surface area contributed by atoms with Crippen molar-refractivity contribution in [1.82, 2.24) is 5.32 Å². The molecule has 1 amide bonds. The topological polar surface area (TPSA) is 42.2 Å². The molecule has 0 aliphatic rings. The van der Waals surface area contributed by atoms with Crippen LogP contribution in [-0.2, 0) is 11.2 Å². The van der Waals surface area contributed by atoms with Crippen LogP contribution in [-0.4, -0.2) is 11.9 Å². The Hall–Kier alpha value is -2.29. The molecule has 0 saturated heterocycles. The first-order valence-corrected chi connectivity index (χ1v) is 6.82. The summed E-state index contributed by atoms with van der Waals surface area (Å²) in [5.74, 6) is 0.0237. The van der Waals surface area contributed by atoms with Crippen LogP contribution >= 0.6 is 0 Å². The van der Waals surface area contributed by atoms with Crippen molar-refractivity contribution >= 4 is 27.6 Å². The Labute approximate surface area is 117 Å². The van der Waals surface area contributed by atoms with Gasteiger partial charge in [-0.05, 0) is 30.7 Å². The Morgan fingerprint density at radius 1 is 1.20 bits per heavy atom. The second kappa shape index (κ2) is 5.00. The van der Waals surface area contributed by atoms with E-state index in [1.165, 1.54) is 0 Å². The lowest BCUT2D eigenvalue weighted by Crippen LogP contribution is -2.31. The Bertz CT molecular complexity index is 771. The predicted molar refractivity (Wildman–Crippen MR) is 80.7 cm³/mol. The molecule has 3 heteroatoms. The zero-order valence-electron chi connectivity index (χ0n) is 11.6. The molecule has 1 aromatic heterocycles. The average Bonchev–Trinajstić information content (AvgIpc) is 2.81. The van der Waals surface area contributed by atoms with Crippen molar-refractivity contribution in [3.05, 3.63) is 48.2 Å². The summed E-state index contributed by atoms with van der Waals surface area (Å²) in [6.07, 6.45) is 2.04. The van der Waals surface area contributed by atoms with E-state index in [0.29, 0.717) is 6.42 Å². The van der Waals surface area contributed by atoms with Crippen LogP contribution < -0.4 is 5.32 Å². The molecule has 3 rings (SSSR count). The maximum absolute atomic E-state index is 11.9. The van der Waals surface area contributed by atoms with E-state index in [1.807, 2.05) is 38.1 Å². The number of carbonyl (C=O) groups is 1. The first kappa shape index (κ1) is 12.7. The Morgan fingerprint density at radius 3 is 2.80 bits per heavy atom. The van der Waals surface area contributed by atoms with E-state index in [2.05, 4.69) is 17.4 Å². The minimum atomic E-state index is 0.0237. The molecule has 0 unspecified atom stereocenters. The first-order valence-electron chi connectivity index (χ1n) is 6.82. The zero-order valence-corrected chi connectivity index (χ0v) is 11.6. The van der Waals surface area contributed by atoms with Crippen molar-refractivity contribution < 1.29 is 9.21 Å². The lowest BCUT2D eigenvalue weighted by atomic mass is 10.0. The van der Waals surface area contributed by atoms with Crippen LogP contribution in [0.2, 0.25) is 0 Å². The smallest absolute Gasteiger partial charge is 0.224 e. The molecule has 1 heterocycles. The molecule has 0 fully saturated rings. The number of amides is 1. The van der Waals surface area contributed by atoms with E-state index in [9.17, 15) is 4.79 Å². The minimum Gasteiger partial charge on any atom is -0.464 e. The zero-order chi connectivity index (χ0) is 14.1. The van der Waals surface area contributed by atoms with Gasteiger partial charge in [-0.2, -0.15) is 0 Å². The Kier molecular flexibility index (Phi) is 3.18. The highest BCUT2D eigenvalue weighted by Crippen LogP contribution is 2.30. The van der Waals surface area contributed by atoms with Gasteiger partial charge in [0.15, 0.2) is 0 Å². The fourth-order valence-corrected chi connectivity index (χ4v) is 2.55. The quantitative estimate of drug-likeness (QED) is 0.787. The van der Waals surface area contributed by atoms with E-state index in [0.717, 1.165) is 27.3 Å². The summed E-state index contributed by atoms with van der Waals surface area (Å²) >= 11 is 0. The van der Waals surface area contributed by atoms with Gasteiger partial charge in [0, 0.05) is 17.0 Å². The standard InChI is InChI=1S/C17H17NO2/c1-11(2)18-16(19)9-13-10-20-15-8-7-12-5-3-4-6-14(12)17(13)15/h3-8,10-11H,9H2,1-2H3,(H,18,19). The minimum absolute atomic E-state index is 0.0237. The van der Waals surface area contributed by atoms with Gasteiger partial charge in [0.2, 0.25) is 5.91 Å². The van der Waals surface area contributed by atoms with Gasteiger partial charge in [0.05, 0.1) is 12.7 Å². The third kappa shape index (κ3) is 2.27. The number of hydrogen-bond acceptors (Lipinski definition) is 2. The van der Waals surface area contributed by atoms with Crippen molar-refractivity contribution in [3.63, 3.8) is 0 Å². The van der Waals surface area contributed by atoms with Crippen molar-refractivity contribution in [2.75, 3.05) is 0 Å². The molecule has 0 saturated carbocycles. The molecule has 3 aromatic rings. The predicted octanol–water partition coefficient (Wildman–Crippen LogP) is 3.65. The molecular formula is C17H17NO2. The fraction of sp³-hybridized carbons (Fsp3) is 0.235. The van der Waals surface area contributed by atoms with Gasteiger partial charge in [-0.25, -0.2) is 0 Å². The summed E-state index contributed by atoms with van der Waals surface area (Å²) in [7, 11) is 0. The fourth-order valence-electron chi connectivity index (χ4n) is 2.55. The van der Waals surface area contributed by atoms with E-state index < -0.39 is 0 Å². The SMILES string of the molecule is CC(C)NC(=O)Cc1coc2ccc3ccccc3c12. The lowest BCUT2D eigenvalue weighted by Gasteiger charge is -2.07. The van der Waals surface area contributed by atoms with Gasteiger partial charge in [-0.3, -0.25) is 4.79 Å². The molecule has 0 aliphatic carbocycles. The van der Waals surface area contributed by atoms with Gasteiger partial charge < -0.3 is 9.73 Å². The van der Waals surface area contributed by atoms with Crippen molar-refractivity contribution in [2.24, 2.45) is 0 Å². The summed E-state index contributed by atoms with van der Waals surface area (Å²) in [4.78, 5) is 11.9.